The second-order valence-electron chi connectivity index (χ2n) is 4.42. The summed E-state index contributed by atoms with van der Waals surface area (Å²) in [4.78, 5) is 11.7. The zero-order valence-electron chi connectivity index (χ0n) is 12.1. The van der Waals surface area contributed by atoms with Crippen molar-refractivity contribution in [1.82, 2.24) is 0 Å². The van der Waals surface area contributed by atoms with Crippen molar-refractivity contribution in [3.05, 3.63) is 40.8 Å². The Balaban J connectivity index is 2.33. The normalized spacial score (nSPS) is 11.1. The Labute approximate surface area is 122 Å². The topological polar surface area (TPSA) is 68.9 Å². The molecule has 0 amide bonds. The van der Waals surface area contributed by atoms with Gasteiger partial charge in [-0.05, 0) is 25.0 Å². The first-order valence-corrected chi connectivity index (χ1v) is 6.79. The van der Waals surface area contributed by atoms with Crippen LogP contribution < -0.4 is 15.1 Å². The number of ether oxygens (including phenoxy) is 2. The van der Waals surface area contributed by atoms with Gasteiger partial charge >= 0.3 is 5.63 Å². The van der Waals surface area contributed by atoms with Crippen molar-refractivity contribution in [1.29, 1.82) is 0 Å². The first-order valence-electron chi connectivity index (χ1n) is 6.79. The Morgan fingerprint density at radius 3 is 2.86 bits per heavy atom. The van der Waals surface area contributed by atoms with Gasteiger partial charge in [-0.25, -0.2) is 4.79 Å². The third-order valence-corrected chi connectivity index (χ3v) is 2.98. The van der Waals surface area contributed by atoms with E-state index >= 15 is 0 Å². The molecule has 5 heteroatoms. The molecule has 0 atom stereocenters. The summed E-state index contributed by atoms with van der Waals surface area (Å²) in [6.07, 6.45) is 5.83. The highest BCUT2D eigenvalue weighted by Gasteiger charge is 2.16. The smallest absolute Gasteiger partial charge is 0.383 e. The minimum absolute atomic E-state index is 0.203. The van der Waals surface area contributed by atoms with Gasteiger partial charge in [-0.15, -0.1) is 0 Å². The van der Waals surface area contributed by atoms with Gasteiger partial charge in [-0.1, -0.05) is 25.1 Å². The third-order valence-electron chi connectivity index (χ3n) is 2.98. The summed E-state index contributed by atoms with van der Waals surface area (Å²) in [5, 5.41) is 10.4. The lowest BCUT2D eigenvalue weighted by Gasteiger charge is -2.09. The van der Waals surface area contributed by atoms with Crippen LogP contribution in [-0.2, 0) is 0 Å². The molecule has 0 fully saturated rings. The standard InChI is InChI=1S/C16H18O5/c1-3-4-5-6-10-20-12-9-7-8-11-13(17)15(19-2)16(18)21-14(11)12/h4-5,7-9,17H,3,6,10H2,1-2H3/b5-4+. The summed E-state index contributed by atoms with van der Waals surface area (Å²) in [5.74, 6) is -0.0157. The summed E-state index contributed by atoms with van der Waals surface area (Å²) in [6.45, 7) is 2.53. The highest BCUT2D eigenvalue weighted by Crippen LogP contribution is 2.35. The van der Waals surface area contributed by atoms with Gasteiger partial charge in [0.25, 0.3) is 0 Å². The van der Waals surface area contributed by atoms with E-state index in [1.807, 2.05) is 6.08 Å². The minimum Gasteiger partial charge on any atom is -0.504 e. The molecule has 5 nitrogen and oxygen atoms in total. The van der Waals surface area contributed by atoms with Crippen molar-refractivity contribution < 1.29 is 19.0 Å². The molecule has 0 spiro atoms. The molecule has 2 rings (SSSR count). The van der Waals surface area contributed by atoms with Crippen LogP contribution in [0.4, 0.5) is 0 Å². The van der Waals surface area contributed by atoms with Crippen LogP contribution in [0.2, 0.25) is 0 Å². The molecule has 0 radical (unpaired) electrons. The van der Waals surface area contributed by atoms with E-state index in [0.29, 0.717) is 17.7 Å². The van der Waals surface area contributed by atoms with E-state index in [1.165, 1.54) is 7.11 Å². The highest BCUT2D eigenvalue weighted by molar-refractivity contribution is 5.89. The monoisotopic (exact) mass is 290 g/mol. The molecular formula is C16H18O5. The van der Waals surface area contributed by atoms with E-state index in [1.54, 1.807) is 18.2 Å². The van der Waals surface area contributed by atoms with Crippen LogP contribution in [0.1, 0.15) is 19.8 Å². The van der Waals surface area contributed by atoms with Gasteiger partial charge in [-0.2, -0.15) is 0 Å². The van der Waals surface area contributed by atoms with Gasteiger partial charge < -0.3 is 19.0 Å². The lowest BCUT2D eigenvalue weighted by atomic mass is 10.2. The SMILES string of the molecule is CC/C=C/CCOc1cccc2c(O)c(OC)c(=O)oc12. The molecule has 0 saturated carbocycles. The Morgan fingerprint density at radius 2 is 2.14 bits per heavy atom. The van der Waals surface area contributed by atoms with E-state index in [2.05, 4.69) is 13.0 Å². The number of hydrogen-bond donors (Lipinski definition) is 1. The second-order valence-corrected chi connectivity index (χ2v) is 4.42. The number of fused-ring (bicyclic) bond motifs is 1. The van der Waals surface area contributed by atoms with Crippen molar-refractivity contribution >= 4 is 11.0 Å². The highest BCUT2D eigenvalue weighted by atomic mass is 16.5. The van der Waals surface area contributed by atoms with E-state index in [4.69, 9.17) is 13.9 Å². The van der Waals surface area contributed by atoms with E-state index in [0.717, 1.165) is 12.8 Å². The molecular weight excluding hydrogens is 272 g/mol. The van der Waals surface area contributed by atoms with Crippen molar-refractivity contribution in [2.24, 2.45) is 0 Å². The quantitative estimate of drug-likeness (QED) is 0.502. The Hall–Kier alpha value is -2.43. The molecule has 0 bridgehead atoms. The van der Waals surface area contributed by atoms with Crippen molar-refractivity contribution in [2.75, 3.05) is 13.7 Å². The summed E-state index contributed by atoms with van der Waals surface area (Å²) in [5.41, 5.74) is -0.510. The van der Waals surface area contributed by atoms with Crippen molar-refractivity contribution in [2.45, 2.75) is 19.8 Å². The molecule has 1 heterocycles. The van der Waals surface area contributed by atoms with E-state index < -0.39 is 5.63 Å². The van der Waals surface area contributed by atoms with Gasteiger partial charge in [0.15, 0.2) is 17.1 Å². The second kappa shape index (κ2) is 6.83. The fraction of sp³-hybridized carbons (Fsp3) is 0.312. The predicted octanol–water partition coefficient (Wildman–Crippen LogP) is 3.24. The number of aromatic hydroxyl groups is 1. The number of rotatable bonds is 6. The zero-order valence-corrected chi connectivity index (χ0v) is 12.1. The lowest BCUT2D eigenvalue weighted by molar-refractivity contribution is 0.317. The molecule has 0 saturated heterocycles. The summed E-state index contributed by atoms with van der Waals surface area (Å²) >= 11 is 0. The molecule has 0 aliphatic rings. The summed E-state index contributed by atoms with van der Waals surface area (Å²) in [7, 11) is 1.30. The molecule has 0 aliphatic carbocycles. The van der Waals surface area contributed by atoms with Gasteiger partial charge in [0, 0.05) is 0 Å². The Bertz CT molecular complexity index is 700. The molecule has 0 aliphatic heterocycles. The number of benzene rings is 1. The van der Waals surface area contributed by atoms with Crippen LogP contribution >= 0.6 is 0 Å². The third kappa shape index (κ3) is 3.18. The fourth-order valence-corrected chi connectivity index (χ4v) is 1.98. The van der Waals surface area contributed by atoms with Crippen molar-refractivity contribution in [3.63, 3.8) is 0 Å². The van der Waals surface area contributed by atoms with Crippen LogP contribution in [0.3, 0.4) is 0 Å². The van der Waals surface area contributed by atoms with Crippen LogP contribution in [-0.4, -0.2) is 18.8 Å². The van der Waals surface area contributed by atoms with Gasteiger partial charge in [0.05, 0.1) is 19.1 Å². The molecule has 0 unspecified atom stereocenters. The van der Waals surface area contributed by atoms with Crippen LogP contribution in [0, 0.1) is 0 Å². The average molecular weight is 290 g/mol. The minimum atomic E-state index is -0.732. The zero-order chi connectivity index (χ0) is 15.2. The number of methoxy groups -OCH3 is 1. The van der Waals surface area contributed by atoms with Crippen LogP contribution in [0.15, 0.2) is 39.6 Å². The first kappa shape index (κ1) is 15.0. The lowest BCUT2D eigenvalue weighted by Crippen LogP contribution is -2.05. The number of para-hydroxylation sites is 1. The van der Waals surface area contributed by atoms with Gasteiger partial charge in [0.2, 0.25) is 5.75 Å². The average Bonchev–Trinajstić information content (AvgIpc) is 2.48. The largest absolute Gasteiger partial charge is 0.504 e. The first-order chi connectivity index (χ1) is 10.2. The Morgan fingerprint density at radius 1 is 1.33 bits per heavy atom. The molecule has 112 valence electrons. The predicted molar refractivity (Wildman–Crippen MR) is 80.2 cm³/mol. The van der Waals surface area contributed by atoms with E-state index in [-0.39, 0.29) is 17.1 Å². The van der Waals surface area contributed by atoms with Crippen LogP contribution in [0.5, 0.6) is 17.2 Å². The maximum absolute atomic E-state index is 11.7. The summed E-state index contributed by atoms with van der Waals surface area (Å²) in [6, 6.07) is 5.05. The molecule has 21 heavy (non-hydrogen) atoms. The van der Waals surface area contributed by atoms with Gasteiger partial charge in [-0.3, -0.25) is 0 Å². The van der Waals surface area contributed by atoms with Gasteiger partial charge in [0.1, 0.15) is 0 Å². The Kier molecular flexibility index (Phi) is 4.87. The molecule has 1 aromatic carbocycles. The molecule has 1 N–H and O–H groups in total. The van der Waals surface area contributed by atoms with Crippen LogP contribution in [0.25, 0.3) is 11.0 Å². The molecule has 2 aromatic rings. The maximum Gasteiger partial charge on any atom is 0.383 e. The van der Waals surface area contributed by atoms with Crippen molar-refractivity contribution in [3.8, 4) is 17.2 Å². The fourth-order valence-electron chi connectivity index (χ4n) is 1.98. The maximum atomic E-state index is 11.7. The molecule has 1 aromatic heterocycles. The number of allylic oxidation sites excluding steroid dienone is 1. The summed E-state index contributed by atoms with van der Waals surface area (Å²) < 4.78 is 15.6. The number of hydrogen-bond acceptors (Lipinski definition) is 5. The van der Waals surface area contributed by atoms with E-state index in [9.17, 15) is 9.90 Å².